The van der Waals surface area contributed by atoms with Crippen molar-refractivity contribution >= 4 is 9.84 Å². The lowest BCUT2D eigenvalue weighted by Crippen LogP contribution is -2.10. The Kier molecular flexibility index (Phi) is 3.12. The minimum absolute atomic E-state index is 0.135. The third-order valence-corrected chi connectivity index (χ3v) is 5.52. The number of hydrogen-bond acceptors (Lipinski definition) is 3. The Morgan fingerprint density at radius 2 is 2.00 bits per heavy atom. The minimum Gasteiger partial charge on any atom is -0.253 e. The standard InChI is InChI=1S/C14H15FN2O2S/c1-10-13(11-6-2-3-7-12(11)15)16-17-8-4-5-9-20(18,19)14(10)17/h2-3,6-7H,4-5,8-9H2,1H3. The van der Waals surface area contributed by atoms with Crippen LogP contribution in [0.15, 0.2) is 29.3 Å². The number of aromatic nitrogens is 2. The third-order valence-electron chi connectivity index (χ3n) is 3.59. The van der Waals surface area contributed by atoms with E-state index in [9.17, 15) is 12.8 Å². The van der Waals surface area contributed by atoms with Crippen LogP contribution in [0.2, 0.25) is 0 Å². The van der Waals surface area contributed by atoms with Gasteiger partial charge in [0.05, 0.1) is 11.4 Å². The number of benzene rings is 1. The molecule has 0 saturated heterocycles. The van der Waals surface area contributed by atoms with E-state index in [-0.39, 0.29) is 16.6 Å². The molecule has 0 fully saturated rings. The van der Waals surface area contributed by atoms with E-state index in [0.717, 1.165) is 6.42 Å². The van der Waals surface area contributed by atoms with Crippen LogP contribution < -0.4 is 0 Å². The fourth-order valence-corrected chi connectivity index (χ4v) is 4.43. The van der Waals surface area contributed by atoms with E-state index in [4.69, 9.17) is 0 Å². The van der Waals surface area contributed by atoms with Gasteiger partial charge in [0.25, 0.3) is 0 Å². The summed E-state index contributed by atoms with van der Waals surface area (Å²) in [5.41, 5.74) is 1.31. The molecule has 2 aromatic rings. The molecule has 106 valence electrons. The summed E-state index contributed by atoms with van der Waals surface area (Å²) in [5.74, 6) is -0.253. The largest absolute Gasteiger partial charge is 0.253 e. The maximum atomic E-state index is 13.9. The normalized spacial score (nSPS) is 17.5. The lowest BCUT2D eigenvalue weighted by Gasteiger charge is -2.03. The molecule has 0 spiro atoms. The molecule has 2 heterocycles. The molecule has 0 radical (unpaired) electrons. The fourth-order valence-electron chi connectivity index (χ4n) is 2.64. The van der Waals surface area contributed by atoms with Gasteiger partial charge in [0, 0.05) is 17.7 Å². The van der Waals surface area contributed by atoms with Crippen molar-refractivity contribution in [3.8, 4) is 11.3 Å². The Morgan fingerprint density at radius 1 is 1.25 bits per heavy atom. The summed E-state index contributed by atoms with van der Waals surface area (Å²) in [4.78, 5) is 0. The number of hydrogen-bond donors (Lipinski definition) is 0. The van der Waals surface area contributed by atoms with E-state index in [1.807, 2.05) is 0 Å². The fraction of sp³-hybridized carbons (Fsp3) is 0.357. The monoisotopic (exact) mass is 294 g/mol. The molecule has 0 N–H and O–H groups in total. The van der Waals surface area contributed by atoms with Crippen LogP contribution in [-0.4, -0.2) is 24.0 Å². The number of rotatable bonds is 1. The van der Waals surface area contributed by atoms with E-state index in [0.29, 0.717) is 29.8 Å². The first kappa shape index (κ1) is 13.3. The number of nitrogens with zero attached hydrogens (tertiary/aromatic N) is 2. The van der Waals surface area contributed by atoms with Gasteiger partial charge in [-0.15, -0.1) is 0 Å². The van der Waals surface area contributed by atoms with Crippen molar-refractivity contribution in [3.05, 3.63) is 35.6 Å². The van der Waals surface area contributed by atoms with E-state index in [2.05, 4.69) is 5.10 Å². The van der Waals surface area contributed by atoms with Crippen LogP contribution >= 0.6 is 0 Å². The van der Waals surface area contributed by atoms with Crippen LogP contribution in [0.1, 0.15) is 18.4 Å². The van der Waals surface area contributed by atoms with Crippen LogP contribution in [0.4, 0.5) is 4.39 Å². The SMILES string of the molecule is Cc1c(-c2ccccc2F)nn2c1S(=O)(=O)CCCC2. The maximum absolute atomic E-state index is 13.9. The van der Waals surface area contributed by atoms with Crippen LogP contribution in [0.3, 0.4) is 0 Å². The highest BCUT2D eigenvalue weighted by atomic mass is 32.2. The average molecular weight is 294 g/mol. The van der Waals surface area contributed by atoms with Crippen LogP contribution in [-0.2, 0) is 16.4 Å². The second kappa shape index (κ2) is 4.70. The number of fused-ring (bicyclic) bond motifs is 1. The predicted molar refractivity (Wildman–Crippen MR) is 73.6 cm³/mol. The molecular formula is C14H15FN2O2S. The molecule has 0 bridgehead atoms. The highest BCUT2D eigenvalue weighted by Crippen LogP contribution is 2.31. The molecule has 1 aromatic carbocycles. The number of aryl methyl sites for hydroxylation is 1. The summed E-state index contributed by atoms with van der Waals surface area (Å²) < 4.78 is 40.0. The summed E-state index contributed by atoms with van der Waals surface area (Å²) in [6.07, 6.45) is 1.41. The van der Waals surface area contributed by atoms with Crippen LogP contribution in [0, 0.1) is 12.7 Å². The van der Waals surface area contributed by atoms with Crippen LogP contribution in [0.25, 0.3) is 11.3 Å². The van der Waals surface area contributed by atoms with Gasteiger partial charge in [0.1, 0.15) is 5.82 Å². The van der Waals surface area contributed by atoms with Gasteiger partial charge in [0.2, 0.25) is 0 Å². The third kappa shape index (κ3) is 2.04. The molecule has 3 rings (SSSR count). The van der Waals surface area contributed by atoms with Gasteiger partial charge in [-0.25, -0.2) is 12.8 Å². The summed E-state index contributed by atoms with van der Waals surface area (Å²) in [5, 5.41) is 4.58. The first-order valence-electron chi connectivity index (χ1n) is 6.56. The first-order chi connectivity index (χ1) is 9.50. The van der Waals surface area contributed by atoms with E-state index in [1.54, 1.807) is 25.1 Å². The van der Waals surface area contributed by atoms with Gasteiger partial charge in [-0.1, -0.05) is 12.1 Å². The zero-order valence-corrected chi connectivity index (χ0v) is 12.0. The Bertz CT molecular complexity index is 765. The zero-order chi connectivity index (χ0) is 14.3. The van der Waals surface area contributed by atoms with Gasteiger partial charge < -0.3 is 0 Å². The molecule has 0 amide bonds. The molecule has 20 heavy (non-hydrogen) atoms. The molecule has 0 saturated carbocycles. The maximum Gasteiger partial charge on any atom is 0.195 e. The van der Waals surface area contributed by atoms with Gasteiger partial charge in [-0.2, -0.15) is 5.10 Å². The lowest BCUT2D eigenvalue weighted by molar-refractivity contribution is 0.535. The Labute approximate surface area is 117 Å². The molecule has 0 atom stereocenters. The van der Waals surface area contributed by atoms with Crippen molar-refractivity contribution in [3.63, 3.8) is 0 Å². The van der Waals surface area contributed by atoms with Crippen molar-refractivity contribution in [1.82, 2.24) is 9.78 Å². The van der Waals surface area contributed by atoms with Gasteiger partial charge in [0.15, 0.2) is 14.9 Å². The molecule has 1 aromatic heterocycles. The van der Waals surface area contributed by atoms with E-state index < -0.39 is 9.84 Å². The minimum atomic E-state index is -3.33. The quantitative estimate of drug-likeness (QED) is 0.812. The molecule has 1 aliphatic rings. The Hall–Kier alpha value is -1.69. The first-order valence-corrected chi connectivity index (χ1v) is 8.21. The molecule has 4 nitrogen and oxygen atoms in total. The highest BCUT2D eigenvalue weighted by Gasteiger charge is 2.29. The van der Waals surface area contributed by atoms with E-state index in [1.165, 1.54) is 10.7 Å². The number of sulfone groups is 1. The van der Waals surface area contributed by atoms with Gasteiger partial charge in [-0.3, -0.25) is 4.68 Å². The molecular weight excluding hydrogens is 279 g/mol. The molecule has 0 unspecified atom stereocenters. The van der Waals surface area contributed by atoms with Crippen molar-refractivity contribution < 1.29 is 12.8 Å². The second-order valence-corrected chi connectivity index (χ2v) is 7.03. The smallest absolute Gasteiger partial charge is 0.195 e. The summed E-state index contributed by atoms with van der Waals surface area (Å²) >= 11 is 0. The summed E-state index contributed by atoms with van der Waals surface area (Å²) in [7, 11) is -3.33. The second-order valence-electron chi connectivity index (χ2n) is 5.01. The van der Waals surface area contributed by atoms with Crippen molar-refractivity contribution in [2.45, 2.75) is 31.3 Å². The summed E-state index contributed by atoms with van der Waals surface area (Å²) in [6, 6.07) is 6.30. The lowest BCUT2D eigenvalue weighted by atomic mass is 10.1. The van der Waals surface area contributed by atoms with Gasteiger partial charge in [-0.05, 0) is 31.9 Å². The molecule has 6 heteroatoms. The van der Waals surface area contributed by atoms with Gasteiger partial charge >= 0.3 is 0 Å². The molecule has 1 aliphatic heterocycles. The van der Waals surface area contributed by atoms with Crippen molar-refractivity contribution in [1.29, 1.82) is 0 Å². The van der Waals surface area contributed by atoms with Crippen molar-refractivity contribution in [2.24, 2.45) is 0 Å². The highest BCUT2D eigenvalue weighted by molar-refractivity contribution is 7.91. The zero-order valence-electron chi connectivity index (χ0n) is 11.1. The average Bonchev–Trinajstić information content (AvgIpc) is 2.64. The number of halogens is 1. The summed E-state index contributed by atoms with van der Waals surface area (Å²) in [6.45, 7) is 2.26. The predicted octanol–water partition coefficient (Wildman–Crippen LogP) is 2.57. The Balaban J connectivity index is 2.25. The Morgan fingerprint density at radius 3 is 2.75 bits per heavy atom. The topological polar surface area (TPSA) is 52.0 Å². The molecule has 0 aliphatic carbocycles. The van der Waals surface area contributed by atoms with Crippen LogP contribution in [0.5, 0.6) is 0 Å². The van der Waals surface area contributed by atoms with E-state index >= 15 is 0 Å². The van der Waals surface area contributed by atoms with Crippen molar-refractivity contribution in [2.75, 3.05) is 5.75 Å².